The van der Waals surface area contributed by atoms with Crippen molar-refractivity contribution in [3.8, 4) is 11.5 Å². The molecule has 0 bridgehead atoms. The molecule has 5 nitrogen and oxygen atoms in total. The second-order valence-corrected chi connectivity index (χ2v) is 5.99. The Kier molecular flexibility index (Phi) is 4.29. The predicted molar refractivity (Wildman–Crippen MR) is 84.5 cm³/mol. The molecule has 1 fully saturated rings. The highest BCUT2D eigenvalue weighted by atomic mass is 32.2. The monoisotopic (exact) mass is 319 g/mol. The van der Waals surface area contributed by atoms with Gasteiger partial charge in [-0.3, -0.25) is 4.79 Å². The van der Waals surface area contributed by atoms with E-state index in [1.165, 1.54) is 6.26 Å². The van der Waals surface area contributed by atoms with Crippen LogP contribution < -0.4 is 9.47 Å². The summed E-state index contributed by atoms with van der Waals surface area (Å²) in [6, 6.07) is 9.04. The van der Waals surface area contributed by atoms with E-state index in [0.29, 0.717) is 12.3 Å². The zero-order valence-corrected chi connectivity index (χ0v) is 13.3. The van der Waals surface area contributed by atoms with E-state index < -0.39 is 0 Å². The van der Waals surface area contributed by atoms with Gasteiger partial charge >= 0.3 is 0 Å². The Morgan fingerprint density at radius 3 is 2.86 bits per heavy atom. The molecule has 0 spiro atoms. The summed E-state index contributed by atoms with van der Waals surface area (Å²) in [7, 11) is 3.25. The number of furan rings is 1. The van der Waals surface area contributed by atoms with E-state index >= 15 is 0 Å². The third kappa shape index (κ3) is 2.66. The van der Waals surface area contributed by atoms with E-state index in [9.17, 15) is 4.79 Å². The molecule has 0 aliphatic carbocycles. The van der Waals surface area contributed by atoms with Crippen molar-refractivity contribution >= 4 is 17.7 Å². The Bertz CT molecular complexity index is 656. The van der Waals surface area contributed by atoms with Gasteiger partial charge in [-0.15, -0.1) is 11.8 Å². The molecular formula is C16H17NO4S. The van der Waals surface area contributed by atoms with Crippen LogP contribution in [0.5, 0.6) is 11.5 Å². The number of hydrogen-bond acceptors (Lipinski definition) is 5. The van der Waals surface area contributed by atoms with Crippen LogP contribution >= 0.6 is 11.8 Å². The lowest BCUT2D eigenvalue weighted by Gasteiger charge is -2.25. The molecule has 3 rings (SSSR count). The lowest BCUT2D eigenvalue weighted by Crippen LogP contribution is -2.30. The number of methoxy groups -OCH3 is 2. The van der Waals surface area contributed by atoms with Crippen molar-refractivity contribution in [1.29, 1.82) is 0 Å². The third-order valence-corrected chi connectivity index (χ3v) is 4.83. The molecule has 116 valence electrons. The summed E-state index contributed by atoms with van der Waals surface area (Å²) in [6.07, 6.45) is 1.51. The van der Waals surface area contributed by atoms with Gasteiger partial charge in [0.05, 0.1) is 20.5 Å². The van der Waals surface area contributed by atoms with Gasteiger partial charge in [0, 0.05) is 17.9 Å². The fraction of sp³-hybridized carbons (Fsp3) is 0.312. The lowest BCUT2D eigenvalue weighted by molar-refractivity contribution is 0.0727. The number of carbonyl (C=O) groups excluding carboxylic acids is 1. The largest absolute Gasteiger partial charge is 0.497 e. The summed E-state index contributed by atoms with van der Waals surface area (Å²) in [5, 5.41) is -0.109. The van der Waals surface area contributed by atoms with Crippen molar-refractivity contribution in [2.45, 2.75) is 5.37 Å². The Hall–Kier alpha value is -2.08. The molecule has 1 saturated heterocycles. The van der Waals surface area contributed by atoms with Gasteiger partial charge < -0.3 is 18.8 Å². The Morgan fingerprint density at radius 1 is 1.32 bits per heavy atom. The minimum Gasteiger partial charge on any atom is -0.497 e. The molecule has 1 aromatic heterocycles. The van der Waals surface area contributed by atoms with Crippen LogP contribution in [0.2, 0.25) is 0 Å². The van der Waals surface area contributed by atoms with Crippen LogP contribution in [0, 0.1) is 0 Å². The van der Waals surface area contributed by atoms with Crippen LogP contribution in [0.25, 0.3) is 0 Å². The highest BCUT2D eigenvalue weighted by Gasteiger charge is 2.34. The number of benzene rings is 1. The van der Waals surface area contributed by atoms with E-state index in [0.717, 1.165) is 22.8 Å². The van der Waals surface area contributed by atoms with Crippen molar-refractivity contribution in [1.82, 2.24) is 4.90 Å². The van der Waals surface area contributed by atoms with E-state index in [1.54, 1.807) is 43.0 Å². The zero-order chi connectivity index (χ0) is 15.5. The van der Waals surface area contributed by atoms with Gasteiger partial charge in [0.1, 0.15) is 16.9 Å². The standard InChI is InChI=1S/C16H17NO4S/c1-19-11-5-6-13(20-2)12(10-11)16-17(7-9-22-16)15(18)14-4-3-8-21-14/h3-6,8,10,16H,7,9H2,1-2H3/t16-/m1/s1. The van der Waals surface area contributed by atoms with E-state index in [2.05, 4.69) is 0 Å². The summed E-state index contributed by atoms with van der Waals surface area (Å²) in [6.45, 7) is 0.676. The molecule has 1 aliphatic heterocycles. The van der Waals surface area contributed by atoms with Crippen molar-refractivity contribution in [2.75, 3.05) is 26.5 Å². The van der Waals surface area contributed by atoms with Crippen molar-refractivity contribution in [2.24, 2.45) is 0 Å². The number of amides is 1. The quantitative estimate of drug-likeness (QED) is 0.866. The van der Waals surface area contributed by atoms with Crippen LogP contribution in [0.4, 0.5) is 0 Å². The topological polar surface area (TPSA) is 51.9 Å². The van der Waals surface area contributed by atoms with Gasteiger partial charge in [-0.1, -0.05) is 0 Å². The summed E-state index contributed by atoms with van der Waals surface area (Å²) in [5.41, 5.74) is 0.934. The van der Waals surface area contributed by atoms with Crippen LogP contribution in [0.1, 0.15) is 21.5 Å². The SMILES string of the molecule is COc1ccc(OC)c([C@H]2SCCN2C(=O)c2ccco2)c1. The van der Waals surface area contributed by atoms with Gasteiger partial charge in [-0.25, -0.2) is 0 Å². The predicted octanol–water partition coefficient (Wildman–Crippen LogP) is 3.18. The Labute approximate surface area is 133 Å². The molecule has 22 heavy (non-hydrogen) atoms. The molecule has 0 N–H and O–H groups in total. The zero-order valence-electron chi connectivity index (χ0n) is 12.4. The summed E-state index contributed by atoms with van der Waals surface area (Å²) < 4.78 is 16.0. The first kappa shape index (κ1) is 14.8. The van der Waals surface area contributed by atoms with E-state index in [1.807, 2.05) is 18.2 Å². The maximum atomic E-state index is 12.6. The fourth-order valence-electron chi connectivity index (χ4n) is 2.51. The van der Waals surface area contributed by atoms with Crippen molar-refractivity contribution < 1.29 is 18.7 Å². The minimum atomic E-state index is -0.109. The number of nitrogens with zero attached hydrogens (tertiary/aromatic N) is 1. The molecule has 6 heteroatoms. The van der Waals surface area contributed by atoms with Crippen LogP contribution in [0.15, 0.2) is 41.0 Å². The smallest absolute Gasteiger partial charge is 0.290 e. The number of rotatable bonds is 4. The first-order valence-electron chi connectivity index (χ1n) is 6.92. The molecular weight excluding hydrogens is 302 g/mol. The highest BCUT2D eigenvalue weighted by molar-refractivity contribution is 7.99. The first-order valence-corrected chi connectivity index (χ1v) is 7.97. The average molecular weight is 319 g/mol. The highest BCUT2D eigenvalue weighted by Crippen LogP contribution is 2.43. The van der Waals surface area contributed by atoms with Crippen LogP contribution in [-0.2, 0) is 0 Å². The third-order valence-electron chi connectivity index (χ3n) is 3.59. The van der Waals surface area contributed by atoms with E-state index in [4.69, 9.17) is 13.9 Å². The van der Waals surface area contributed by atoms with Gasteiger partial charge in [0.25, 0.3) is 5.91 Å². The first-order chi connectivity index (χ1) is 10.7. The summed E-state index contributed by atoms with van der Waals surface area (Å²) >= 11 is 1.71. The second-order valence-electron chi connectivity index (χ2n) is 4.81. The fourth-order valence-corrected chi connectivity index (χ4v) is 3.78. The maximum Gasteiger partial charge on any atom is 0.290 e. The molecule has 1 aliphatic rings. The van der Waals surface area contributed by atoms with E-state index in [-0.39, 0.29) is 11.3 Å². The van der Waals surface area contributed by atoms with Gasteiger partial charge in [-0.2, -0.15) is 0 Å². The second kappa shape index (κ2) is 6.36. The molecule has 0 saturated carbocycles. The van der Waals surface area contributed by atoms with Gasteiger partial charge in [0.15, 0.2) is 5.76 Å². The molecule has 1 atom stereocenters. The number of carbonyl (C=O) groups is 1. The molecule has 2 aromatic rings. The average Bonchev–Trinajstić information content (AvgIpc) is 3.24. The number of thioether (sulfide) groups is 1. The molecule has 1 aromatic carbocycles. The van der Waals surface area contributed by atoms with Crippen molar-refractivity contribution in [3.63, 3.8) is 0 Å². The molecule has 0 unspecified atom stereocenters. The molecule has 1 amide bonds. The molecule has 0 radical (unpaired) electrons. The normalized spacial score (nSPS) is 17.5. The van der Waals surface area contributed by atoms with Crippen LogP contribution in [-0.4, -0.2) is 37.3 Å². The summed E-state index contributed by atoms with van der Waals surface area (Å²) in [5.74, 6) is 2.61. The van der Waals surface area contributed by atoms with Gasteiger partial charge in [0.2, 0.25) is 0 Å². The number of hydrogen-bond donors (Lipinski definition) is 0. The Balaban J connectivity index is 1.94. The number of ether oxygens (including phenoxy) is 2. The maximum absolute atomic E-state index is 12.6. The van der Waals surface area contributed by atoms with Crippen LogP contribution in [0.3, 0.4) is 0 Å². The Morgan fingerprint density at radius 2 is 2.18 bits per heavy atom. The summed E-state index contributed by atoms with van der Waals surface area (Å²) in [4.78, 5) is 14.4. The van der Waals surface area contributed by atoms with Gasteiger partial charge in [-0.05, 0) is 30.3 Å². The molecule has 2 heterocycles. The van der Waals surface area contributed by atoms with Crippen molar-refractivity contribution in [3.05, 3.63) is 47.9 Å². The minimum absolute atomic E-state index is 0.107. The lowest BCUT2D eigenvalue weighted by atomic mass is 10.1.